The van der Waals surface area contributed by atoms with E-state index in [4.69, 9.17) is 13.9 Å². The van der Waals surface area contributed by atoms with Crippen molar-refractivity contribution in [3.05, 3.63) is 40.2 Å². The van der Waals surface area contributed by atoms with E-state index in [-0.39, 0.29) is 5.63 Å². The molecule has 0 saturated carbocycles. The fraction of sp³-hybridized carbons (Fsp3) is 0.400. The maximum atomic E-state index is 11.6. The van der Waals surface area contributed by atoms with Crippen LogP contribution < -0.4 is 15.7 Å². The van der Waals surface area contributed by atoms with Gasteiger partial charge in [0.25, 0.3) is 0 Å². The molecule has 0 fully saturated rings. The van der Waals surface area contributed by atoms with Crippen LogP contribution >= 0.6 is 0 Å². The molecular weight excluding hydrogens is 258 g/mol. The molecule has 0 aliphatic heterocycles. The van der Waals surface area contributed by atoms with Gasteiger partial charge in [0.15, 0.2) is 0 Å². The Morgan fingerprint density at radius 3 is 2.80 bits per heavy atom. The Morgan fingerprint density at radius 1 is 1.30 bits per heavy atom. The first-order valence-electron chi connectivity index (χ1n) is 6.57. The third kappa shape index (κ3) is 3.37. The van der Waals surface area contributed by atoms with Gasteiger partial charge in [-0.15, -0.1) is 0 Å². The Labute approximate surface area is 117 Å². The lowest BCUT2D eigenvalue weighted by Crippen LogP contribution is -2.88. The van der Waals surface area contributed by atoms with Crippen LogP contribution in [0.2, 0.25) is 0 Å². The van der Waals surface area contributed by atoms with Crippen molar-refractivity contribution in [2.75, 3.05) is 20.8 Å². The first-order valence-corrected chi connectivity index (χ1v) is 6.57. The molecule has 108 valence electrons. The first kappa shape index (κ1) is 14.6. The first-order chi connectivity index (χ1) is 9.63. The van der Waals surface area contributed by atoms with E-state index in [1.807, 2.05) is 12.1 Å². The van der Waals surface area contributed by atoms with Crippen molar-refractivity contribution < 1.29 is 19.2 Å². The van der Waals surface area contributed by atoms with Gasteiger partial charge in [0.1, 0.15) is 23.9 Å². The number of nitrogens with two attached hydrogens (primary N) is 1. The van der Waals surface area contributed by atoms with Crippen LogP contribution in [0, 0.1) is 0 Å². The highest BCUT2D eigenvalue weighted by Gasteiger charge is 2.10. The molecule has 0 aliphatic rings. The van der Waals surface area contributed by atoms with Gasteiger partial charge in [-0.1, -0.05) is 0 Å². The average molecular weight is 278 g/mol. The second-order valence-corrected chi connectivity index (χ2v) is 4.83. The van der Waals surface area contributed by atoms with Gasteiger partial charge < -0.3 is 19.2 Å². The largest absolute Gasteiger partial charge is 0.497 e. The van der Waals surface area contributed by atoms with Crippen molar-refractivity contribution in [3.8, 4) is 5.75 Å². The number of quaternary nitrogens is 1. The van der Waals surface area contributed by atoms with Crippen molar-refractivity contribution in [1.29, 1.82) is 0 Å². The van der Waals surface area contributed by atoms with Crippen LogP contribution in [-0.4, -0.2) is 26.9 Å². The van der Waals surface area contributed by atoms with Gasteiger partial charge >= 0.3 is 5.63 Å². The maximum absolute atomic E-state index is 11.6. The van der Waals surface area contributed by atoms with Crippen molar-refractivity contribution in [2.24, 2.45) is 0 Å². The molecule has 0 radical (unpaired) electrons. The highest BCUT2D eigenvalue weighted by Crippen LogP contribution is 2.21. The van der Waals surface area contributed by atoms with E-state index >= 15 is 0 Å². The van der Waals surface area contributed by atoms with Crippen LogP contribution in [-0.2, 0) is 11.3 Å². The van der Waals surface area contributed by atoms with Crippen molar-refractivity contribution in [2.45, 2.75) is 19.5 Å². The average Bonchev–Trinajstić information content (AvgIpc) is 2.44. The summed E-state index contributed by atoms with van der Waals surface area (Å²) in [6, 6.07) is 7.40. The zero-order valence-corrected chi connectivity index (χ0v) is 12.0. The van der Waals surface area contributed by atoms with Crippen LogP contribution in [0.15, 0.2) is 33.5 Å². The zero-order valence-electron chi connectivity index (χ0n) is 12.0. The Hall–Kier alpha value is -1.85. The number of fused-ring (bicyclic) bond motifs is 1. The van der Waals surface area contributed by atoms with Crippen LogP contribution in [0.4, 0.5) is 0 Å². The SMILES string of the molecule is COC[C@H](C)[NH2+]Cc1cc(=O)oc2cc(OC)ccc12. The number of rotatable bonds is 6. The fourth-order valence-electron chi connectivity index (χ4n) is 2.17. The molecule has 5 heteroatoms. The van der Waals surface area contributed by atoms with Gasteiger partial charge in [0, 0.05) is 30.2 Å². The molecule has 0 unspecified atom stereocenters. The molecule has 0 bridgehead atoms. The standard InChI is InChI=1S/C15H19NO4/c1-10(9-18-2)16-8-11-6-15(17)20-14-7-12(19-3)4-5-13(11)14/h4-7,10,16H,8-9H2,1-3H3/p+1/t10-/m0/s1. The van der Waals surface area contributed by atoms with Crippen LogP contribution in [0.5, 0.6) is 5.75 Å². The van der Waals surface area contributed by atoms with Gasteiger partial charge in [-0.05, 0) is 19.1 Å². The van der Waals surface area contributed by atoms with Crippen LogP contribution in [0.25, 0.3) is 11.0 Å². The smallest absolute Gasteiger partial charge is 0.336 e. The quantitative estimate of drug-likeness (QED) is 0.797. The fourth-order valence-corrected chi connectivity index (χ4v) is 2.17. The molecule has 1 aromatic heterocycles. The van der Waals surface area contributed by atoms with E-state index < -0.39 is 0 Å². The molecule has 2 rings (SSSR count). The molecular formula is C15H20NO4+. The molecule has 1 heterocycles. The number of benzene rings is 1. The van der Waals surface area contributed by atoms with Crippen molar-refractivity contribution >= 4 is 11.0 Å². The second-order valence-electron chi connectivity index (χ2n) is 4.83. The minimum absolute atomic E-state index is 0.334. The van der Waals surface area contributed by atoms with E-state index in [9.17, 15) is 4.79 Å². The summed E-state index contributed by atoms with van der Waals surface area (Å²) >= 11 is 0. The minimum atomic E-state index is -0.339. The van der Waals surface area contributed by atoms with Gasteiger partial charge in [-0.25, -0.2) is 4.79 Å². The Bertz CT molecular complexity index is 635. The molecule has 1 atom stereocenters. The lowest BCUT2D eigenvalue weighted by atomic mass is 10.1. The number of ether oxygens (including phenoxy) is 2. The topological polar surface area (TPSA) is 65.3 Å². The predicted octanol–water partition coefficient (Wildman–Crippen LogP) is 0.900. The van der Waals surface area contributed by atoms with E-state index in [0.717, 1.165) is 10.9 Å². The molecule has 0 aliphatic carbocycles. The lowest BCUT2D eigenvalue weighted by molar-refractivity contribution is -0.702. The van der Waals surface area contributed by atoms with Crippen LogP contribution in [0.1, 0.15) is 12.5 Å². The minimum Gasteiger partial charge on any atom is -0.497 e. The Morgan fingerprint density at radius 2 is 2.10 bits per heavy atom. The van der Waals surface area contributed by atoms with E-state index in [0.29, 0.717) is 30.5 Å². The van der Waals surface area contributed by atoms with E-state index in [1.165, 1.54) is 0 Å². The maximum Gasteiger partial charge on any atom is 0.336 e. The molecule has 0 spiro atoms. The van der Waals surface area contributed by atoms with Gasteiger partial charge in [0.2, 0.25) is 0 Å². The summed E-state index contributed by atoms with van der Waals surface area (Å²) in [5.41, 5.74) is 1.18. The molecule has 0 saturated heterocycles. The second kappa shape index (κ2) is 6.54. The van der Waals surface area contributed by atoms with Gasteiger partial charge in [0.05, 0.1) is 13.7 Å². The molecule has 2 N–H and O–H groups in total. The van der Waals surface area contributed by atoms with E-state index in [2.05, 4.69) is 12.2 Å². The molecule has 20 heavy (non-hydrogen) atoms. The third-order valence-electron chi connectivity index (χ3n) is 3.21. The highest BCUT2D eigenvalue weighted by molar-refractivity contribution is 5.81. The predicted molar refractivity (Wildman–Crippen MR) is 76.0 cm³/mol. The summed E-state index contributed by atoms with van der Waals surface area (Å²) < 4.78 is 15.5. The molecule has 2 aromatic rings. The molecule has 1 aromatic carbocycles. The summed E-state index contributed by atoms with van der Waals surface area (Å²) in [6.45, 7) is 3.46. The molecule has 0 amide bonds. The van der Waals surface area contributed by atoms with Gasteiger partial charge in [-0.3, -0.25) is 0 Å². The highest BCUT2D eigenvalue weighted by atomic mass is 16.5. The van der Waals surface area contributed by atoms with Gasteiger partial charge in [-0.2, -0.15) is 0 Å². The third-order valence-corrected chi connectivity index (χ3v) is 3.21. The summed E-state index contributed by atoms with van der Waals surface area (Å²) in [4.78, 5) is 11.6. The van der Waals surface area contributed by atoms with Crippen molar-refractivity contribution in [1.82, 2.24) is 0 Å². The summed E-state index contributed by atoms with van der Waals surface area (Å²) in [6.07, 6.45) is 0. The normalized spacial score (nSPS) is 12.6. The number of hydrogen-bond donors (Lipinski definition) is 1. The molecule has 5 nitrogen and oxygen atoms in total. The van der Waals surface area contributed by atoms with Crippen molar-refractivity contribution in [3.63, 3.8) is 0 Å². The zero-order chi connectivity index (χ0) is 14.5. The lowest BCUT2D eigenvalue weighted by Gasteiger charge is -2.10. The Balaban J connectivity index is 2.30. The van der Waals surface area contributed by atoms with E-state index in [1.54, 1.807) is 26.4 Å². The monoisotopic (exact) mass is 278 g/mol. The Kier molecular flexibility index (Phi) is 4.76. The van der Waals surface area contributed by atoms with Crippen LogP contribution in [0.3, 0.4) is 0 Å². The number of methoxy groups -OCH3 is 2. The summed E-state index contributed by atoms with van der Waals surface area (Å²) in [5.74, 6) is 0.675. The summed E-state index contributed by atoms with van der Waals surface area (Å²) in [5, 5.41) is 3.08. The number of hydrogen-bond acceptors (Lipinski definition) is 4. The summed E-state index contributed by atoms with van der Waals surface area (Å²) in [7, 11) is 3.27.